The number of hydrogen-bond acceptors (Lipinski definition) is 4. The molecule has 0 radical (unpaired) electrons. The summed E-state index contributed by atoms with van der Waals surface area (Å²) in [6.45, 7) is 1.72. The van der Waals surface area contributed by atoms with Gasteiger partial charge < -0.3 is 19.7 Å². The van der Waals surface area contributed by atoms with Crippen LogP contribution in [0.5, 0.6) is 0 Å². The van der Waals surface area contributed by atoms with Gasteiger partial charge in [-0.05, 0) is 31.7 Å². The molecule has 6 nitrogen and oxygen atoms in total. The maximum Gasteiger partial charge on any atom is 0.254 e. The summed E-state index contributed by atoms with van der Waals surface area (Å²) >= 11 is 0. The van der Waals surface area contributed by atoms with Gasteiger partial charge in [-0.2, -0.15) is 0 Å². The molecule has 132 valence electrons. The van der Waals surface area contributed by atoms with E-state index in [2.05, 4.69) is 4.98 Å². The molecular weight excluding hydrogens is 320 g/mol. The van der Waals surface area contributed by atoms with Crippen LogP contribution in [0.2, 0.25) is 0 Å². The van der Waals surface area contributed by atoms with Gasteiger partial charge in [0, 0.05) is 36.7 Å². The molecule has 2 N–H and O–H groups in total. The number of fused-ring (bicyclic) bond motifs is 1. The van der Waals surface area contributed by atoms with Gasteiger partial charge >= 0.3 is 0 Å². The average Bonchev–Trinajstić information content (AvgIpc) is 2.63. The minimum absolute atomic E-state index is 0.137. The van der Waals surface area contributed by atoms with Crippen molar-refractivity contribution in [3.8, 4) is 0 Å². The lowest BCUT2D eigenvalue weighted by Gasteiger charge is -2.46. The number of H-pyrrole nitrogens is 1. The summed E-state index contributed by atoms with van der Waals surface area (Å²) in [5.74, 6) is -0.137. The first-order valence-electron chi connectivity index (χ1n) is 8.82. The Balaban J connectivity index is 1.58. The third-order valence-electron chi connectivity index (χ3n) is 5.50. The molecule has 1 spiro atoms. The normalized spacial score (nSPS) is 23.1. The molecule has 0 aliphatic carbocycles. The first kappa shape index (κ1) is 16.3. The van der Waals surface area contributed by atoms with Crippen LogP contribution >= 0.6 is 0 Å². The lowest BCUT2D eigenvalue weighted by Crippen LogP contribution is -2.56. The molecule has 0 saturated carbocycles. The number of nitrogens with one attached hydrogen (secondary N) is 1. The van der Waals surface area contributed by atoms with E-state index in [4.69, 9.17) is 4.74 Å². The SMILES string of the molecule is O=C(c1cc(=O)[nH]c2ccccc12)N1CCC2(CC1)OCCC[C@H]2O. The monoisotopic (exact) mass is 342 g/mol. The van der Waals surface area contributed by atoms with Crippen molar-refractivity contribution < 1.29 is 14.6 Å². The zero-order valence-electron chi connectivity index (χ0n) is 14.0. The second-order valence-electron chi connectivity index (χ2n) is 6.96. The van der Waals surface area contributed by atoms with Crippen LogP contribution in [0.1, 0.15) is 36.0 Å². The Morgan fingerprint density at radius 1 is 1.28 bits per heavy atom. The van der Waals surface area contributed by atoms with E-state index in [9.17, 15) is 14.7 Å². The number of ether oxygens (including phenoxy) is 1. The number of para-hydroxylation sites is 1. The Hall–Kier alpha value is -2.18. The zero-order chi connectivity index (χ0) is 17.4. The molecule has 1 amide bonds. The molecule has 4 rings (SSSR count). The maximum atomic E-state index is 13.0. The fourth-order valence-electron chi connectivity index (χ4n) is 4.03. The largest absolute Gasteiger partial charge is 0.390 e. The summed E-state index contributed by atoms with van der Waals surface area (Å²) in [7, 11) is 0. The first-order chi connectivity index (χ1) is 12.1. The predicted octanol–water partition coefficient (Wildman–Crippen LogP) is 1.67. The molecular formula is C19H22N2O4. The van der Waals surface area contributed by atoms with Crippen LogP contribution in [0.15, 0.2) is 35.1 Å². The summed E-state index contributed by atoms with van der Waals surface area (Å²) in [4.78, 5) is 29.4. The van der Waals surface area contributed by atoms with Crippen LogP contribution in [0.4, 0.5) is 0 Å². The lowest BCUT2D eigenvalue weighted by molar-refractivity contribution is -0.174. The summed E-state index contributed by atoms with van der Waals surface area (Å²) in [6.07, 6.45) is 2.43. The van der Waals surface area contributed by atoms with Crippen LogP contribution in [0.25, 0.3) is 10.9 Å². The van der Waals surface area contributed by atoms with Crippen molar-refractivity contribution in [1.82, 2.24) is 9.88 Å². The van der Waals surface area contributed by atoms with Crippen molar-refractivity contribution in [3.63, 3.8) is 0 Å². The summed E-state index contributed by atoms with van der Waals surface area (Å²) in [5, 5.41) is 11.1. The second kappa shape index (κ2) is 6.28. The van der Waals surface area contributed by atoms with Crippen LogP contribution in [-0.4, -0.2) is 52.3 Å². The number of carbonyl (C=O) groups excluding carboxylic acids is 1. The third-order valence-corrected chi connectivity index (χ3v) is 5.50. The molecule has 25 heavy (non-hydrogen) atoms. The molecule has 2 aliphatic heterocycles. The smallest absolute Gasteiger partial charge is 0.254 e. The Morgan fingerprint density at radius 3 is 2.80 bits per heavy atom. The van der Waals surface area contributed by atoms with Crippen molar-refractivity contribution >= 4 is 16.8 Å². The van der Waals surface area contributed by atoms with Gasteiger partial charge in [0.05, 0.1) is 17.3 Å². The minimum Gasteiger partial charge on any atom is -0.390 e. The fourth-order valence-corrected chi connectivity index (χ4v) is 4.03. The Labute approximate surface area is 145 Å². The number of hydrogen-bond donors (Lipinski definition) is 2. The van der Waals surface area contributed by atoms with Gasteiger partial charge in [0.2, 0.25) is 5.56 Å². The number of carbonyl (C=O) groups is 1. The molecule has 1 atom stereocenters. The molecule has 2 fully saturated rings. The van der Waals surface area contributed by atoms with E-state index in [1.54, 1.807) is 11.0 Å². The van der Waals surface area contributed by atoms with Crippen molar-refractivity contribution in [2.45, 2.75) is 37.4 Å². The van der Waals surface area contributed by atoms with Crippen LogP contribution in [0, 0.1) is 0 Å². The molecule has 6 heteroatoms. The molecule has 2 aliphatic rings. The number of rotatable bonds is 1. The number of piperidine rings is 1. The lowest BCUT2D eigenvalue weighted by atomic mass is 9.82. The van der Waals surface area contributed by atoms with Gasteiger partial charge in [-0.25, -0.2) is 0 Å². The van der Waals surface area contributed by atoms with Crippen LogP contribution < -0.4 is 5.56 Å². The van der Waals surface area contributed by atoms with Gasteiger partial charge in [-0.1, -0.05) is 18.2 Å². The highest BCUT2D eigenvalue weighted by Crippen LogP contribution is 2.35. The van der Waals surface area contributed by atoms with Gasteiger partial charge in [0.15, 0.2) is 0 Å². The number of benzene rings is 1. The highest BCUT2D eigenvalue weighted by Gasteiger charge is 2.44. The number of likely N-dealkylation sites (tertiary alicyclic amines) is 1. The van der Waals surface area contributed by atoms with E-state index in [0.717, 1.165) is 18.2 Å². The Morgan fingerprint density at radius 2 is 2.04 bits per heavy atom. The van der Waals surface area contributed by atoms with Gasteiger partial charge in [0.25, 0.3) is 5.91 Å². The quantitative estimate of drug-likeness (QED) is 0.826. The molecule has 0 unspecified atom stereocenters. The number of amides is 1. The Bertz CT molecular complexity index is 852. The number of aromatic nitrogens is 1. The van der Waals surface area contributed by atoms with Crippen molar-refractivity contribution in [3.05, 3.63) is 46.2 Å². The summed E-state index contributed by atoms with van der Waals surface area (Å²) < 4.78 is 5.90. The highest BCUT2D eigenvalue weighted by molar-refractivity contribution is 6.05. The van der Waals surface area contributed by atoms with E-state index in [-0.39, 0.29) is 11.5 Å². The standard InChI is InChI=1S/C19H22N2O4/c22-16-6-3-11-25-19(16)7-9-21(10-8-19)18(24)14-12-17(23)20-15-5-2-1-4-13(14)15/h1-2,4-5,12,16,22H,3,6-11H2,(H,20,23)/t16-/m1/s1. The highest BCUT2D eigenvalue weighted by atomic mass is 16.5. The van der Waals surface area contributed by atoms with Crippen molar-refractivity contribution in [2.24, 2.45) is 0 Å². The van der Waals surface area contributed by atoms with Crippen molar-refractivity contribution in [1.29, 1.82) is 0 Å². The van der Waals surface area contributed by atoms with E-state index < -0.39 is 11.7 Å². The molecule has 2 saturated heterocycles. The fraction of sp³-hybridized carbons (Fsp3) is 0.474. The van der Waals surface area contributed by atoms with E-state index in [1.807, 2.05) is 18.2 Å². The number of nitrogens with zero attached hydrogens (tertiary/aromatic N) is 1. The van der Waals surface area contributed by atoms with Gasteiger partial charge in [-0.3, -0.25) is 9.59 Å². The molecule has 3 heterocycles. The number of aromatic amines is 1. The van der Waals surface area contributed by atoms with Crippen molar-refractivity contribution in [2.75, 3.05) is 19.7 Å². The molecule has 0 bridgehead atoms. The predicted molar refractivity (Wildman–Crippen MR) is 93.6 cm³/mol. The topological polar surface area (TPSA) is 82.6 Å². The second-order valence-corrected chi connectivity index (χ2v) is 6.96. The van der Waals surface area contributed by atoms with E-state index in [0.29, 0.717) is 43.6 Å². The third kappa shape index (κ3) is 2.85. The van der Waals surface area contributed by atoms with Crippen LogP contribution in [-0.2, 0) is 4.74 Å². The molecule has 2 aromatic rings. The maximum absolute atomic E-state index is 13.0. The van der Waals surface area contributed by atoms with E-state index >= 15 is 0 Å². The average molecular weight is 342 g/mol. The molecule has 1 aromatic carbocycles. The van der Waals surface area contributed by atoms with Gasteiger partial charge in [0.1, 0.15) is 0 Å². The van der Waals surface area contributed by atoms with Crippen LogP contribution in [0.3, 0.4) is 0 Å². The number of pyridine rings is 1. The number of aliphatic hydroxyl groups excluding tert-OH is 1. The van der Waals surface area contributed by atoms with E-state index in [1.165, 1.54) is 6.07 Å². The Kier molecular flexibility index (Phi) is 4.09. The zero-order valence-corrected chi connectivity index (χ0v) is 14.0. The summed E-state index contributed by atoms with van der Waals surface area (Å²) in [5.41, 5.74) is 0.311. The molecule has 1 aromatic heterocycles. The summed E-state index contributed by atoms with van der Waals surface area (Å²) in [6, 6.07) is 8.71. The first-order valence-corrected chi connectivity index (χ1v) is 8.82. The minimum atomic E-state index is -0.509. The number of aliphatic hydroxyl groups is 1. The van der Waals surface area contributed by atoms with Gasteiger partial charge in [-0.15, -0.1) is 0 Å².